The van der Waals surface area contributed by atoms with E-state index in [1.807, 2.05) is 18.2 Å². The topological polar surface area (TPSA) is 35.2 Å². The molecule has 0 heterocycles. The molecule has 0 aliphatic carbocycles. The van der Waals surface area contributed by atoms with Gasteiger partial charge in [-0.15, -0.1) is 0 Å². The van der Waals surface area contributed by atoms with Gasteiger partial charge in [-0.3, -0.25) is 0 Å². The summed E-state index contributed by atoms with van der Waals surface area (Å²) in [5, 5.41) is 0.644. The first-order chi connectivity index (χ1) is 7.13. The van der Waals surface area contributed by atoms with Crippen molar-refractivity contribution in [3.63, 3.8) is 0 Å². The molecule has 0 bridgehead atoms. The van der Waals surface area contributed by atoms with Crippen LogP contribution in [0.1, 0.15) is 18.4 Å². The molecule has 1 aromatic rings. The van der Waals surface area contributed by atoms with Gasteiger partial charge < -0.3 is 10.5 Å². The number of hydrogen-bond acceptors (Lipinski definition) is 2. The molecule has 0 aromatic heterocycles. The average molecular weight is 244 g/mol. The first-order valence-corrected chi connectivity index (χ1v) is 5.53. The van der Waals surface area contributed by atoms with Crippen LogP contribution in [0.3, 0.4) is 0 Å². The molecule has 0 atom stereocenters. The van der Waals surface area contributed by atoms with E-state index in [9.17, 15) is 0 Å². The fraction of sp³-hybridized carbons (Fsp3) is 0.364. The molecule has 0 amide bonds. The number of hydrogen-bond donors (Lipinski definition) is 1. The Balaban J connectivity index is 2.55. The lowest BCUT2D eigenvalue weighted by atomic mass is 10.1. The van der Waals surface area contributed by atoms with Crippen LogP contribution in [0.2, 0.25) is 5.02 Å². The van der Waals surface area contributed by atoms with Gasteiger partial charge >= 0.3 is 0 Å². The highest BCUT2D eigenvalue weighted by Crippen LogP contribution is 2.25. The molecule has 0 radical (unpaired) electrons. The van der Waals surface area contributed by atoms with Crippen LogP contribution < -0.4 is 10.5 Å². The molecule has 0 aliphatic rings. The van der Waals surface area contributed by atoms with Gasteiger partial charge in [-0.25, -0.2) is 0 Å². The Labute approximate surface area is 100 Å². The summed E-state index contributed by atoms with van der Waals surface area (Å²) >= 11 is 10.8. The van der Waals surface area contributed by atoms with Gasteiger partial charge in [0.1, 0.15) is 5.75 Å². The Hall–Kier alpha value is -0.800. The van der Waals surface area contributed by atoms with Crippen molar-refractivity contribution in [2.45, 2.75) is 19.3 Å². The Morgan fingerprint density at radius 2 is 2.27 bits per heavy atom. The molecule has 0 aliphatic heterocycles. The fourth-order valence-corrected chi connectivity index (χ4v) is 1.76. The number of ether oxygens (including phenoxy) is 1. The minimum atomic E-state index is 0.564. The molecule has 2 N–H and O–H groups in total. The van der Waals surface area contributed by atoms with E-state index >= 15 is 0 Å². The molecule has 82 valence electrons. The van der Waals surface area contributed by atoms with E-state index in [1.54, 1.807) is 7.11 Å². The van der Waals surface area contributed by atoms with Gasteiger partial charge in [0, 0.05) is 0 Å². The van der Waals surface area contributed by atoms with Gasteiger partial charge in [-0.2, -0.15) is 0 Å². The highest BCUT2D eigenvalue weighted by Gasteiger charge is 2.01. The minimum Gasteiger partial charge on any atom is -0.495 e. The van der Waals surface area contributed by atoms with Crippen LogP contribution in [-0.4, -0.2) is 12.1 Å². The molecular formula is C11H14ClNOS. The zero-order chi connectivity index (χ0) is 11.3. The van der Waals surface area contributed by atoms with Crippen LogP contribution in [0.25, 0.3) is 0 Å². The summed E-state index contributed by atoms with van der Waals surface area (Å²) in [6.45, 7) is 0. The highest BCUT2D eigenvalue weighted by molar-refractivity contribution is 7.80. The summed E-state index contributed by atoms with van der Waals surface area (Å²) in [5.74, 6) is 0.703. The standard InChI is InChI=1S/C11H14ClNOS/c1-14-10-6-5-8(7-9(10)12)3-2-4-11(13)15/h5-7H,2-4H2,1H3,(H2,13,15). The van der Waals surface area contributed by atoms with Crippen LogP contribution in [0.5, 0.6) is 5.75 Å². The zero-order valence-corrected chi connectivity index (χ0v) is 10.2. The SMILES string of the molecule is COc1ccc(CCCC(N)=S)cc1Cl. The normalized spacial score (nSPS) is 10.0. The maximum Gasteiger partial charge on any atom is 0.137 e. The van der Waals surface area contributed by atoms with Crippen LogP contribution in [0, 0.1) is 0 Å². The monoisotopic (exact) mass is 243 g/mol. The van der Waals surface area contributed by atoms with E-state index < -0.39 is 0 Å². The maximum absolute atomic E-state index is 6.00. The quantitative estimate of drug-likeness (QED) is 0.808. The Bertz CT molecular complexity index is 354. The lowest BCUT2D eigenvalue weighted by Gasteiger charge is -2.05. The third-order valence-corrected chi connectivity index (χ3v) is 2.60. The largest absolute Gasteiger partial charge is 0.495 e. The van der Waals surface area contributed by atoms with Gasteiger partial charge in [0.05, 0.1) is 17.1 Å². The second-order valence-electron chi connectivity index (χ2n) is 3.29. The van der Waals surface area contributed by atoms with Crippen molar-refractivity contribution in [1.82, 2.24) is 0 Å². The molecule has 1 aromatic carbocycles. The Morgan fingerprint density at radius 3 is 2.80 bits per heavy atom. The smallest absolute Gasteiger partial charge is 0.137 e. The van der Waals surface area contributed by atoms with Gasteiger partial charge in [0.15, 0.2) is 0 Å². The second kappa shape index (κ2) is 5.93. The molecule has 0 unspecified atom stereocenters. The van der Waals surface area contributed by atoms with Crippen molar-refractivity contribution in [2.75, 3.05) is 7.11 Å². The van der Waals surface area contributed by atoms with Crippen LogP contribution >= 0.6 is 23.8 Å². The predicted molar refractivity (Wildman–Crippen MR) is 67.7 cm³/mol. The average Bonchev–Trinajstić information content (AvgIpc) is 2.17. The predicted octanol–water partition coefficient (Wildman–Crippen LogP) is 2.96. The van der Waals surface area contributed by atoms with Crippen molar-refractivity contribution in [2.24, 2.45) is 5.73 Å². The summed E-state index contributed by atoms with van der Waals surface area (Å²) < 4.78 is 5.07. The Morgan fingerprint density at radius 1 is 1.53 bits per heavy atom. The zero-order valence-electron chi connectivity index (χ0n) is 8.63. The summed E-state index contributed by atoms with van der Waals surface area (Å²) in [7, 11) is 1.60. The van der Waals surface area contributed by atoms with Crippen LogP contribution in [0.15, 0.2) is 18.2 Å². The van der Waals surface area contributed by atoms with Crippen LogP contribution in [0.4, 0.5) is 0 Å². The van der Waals surface area contributed by atoms with Gasteiger partial charge in [0.2, 0.25) is 0 Å². The van der Waals surface area contributed by atoms with Crippen molar-refractivity contribution in [3.05, 3.63) is 28.8 Å². The molecule has 4 heteroatoms. The minimum absolute atomic E-state index is 0.564. The van der Waals surface area contributed by atoms with Gasteiger partial charge in [-0.1, -0.05) is 29.9 Å². The fourth-order valence-electron chi connectivity index (χ4n) is 1.33. The lowest BCUT2D eigenvalue weighted by Crippen LogP contribution is -2.07. The van der Waals surface area contributed by atoms with E-state index in [4.69, 9.17) is 34.3 Å². The number of aryl methyl sites for hydroxylation is 1. The van der Waals surface area contributed by atoms with Gasteiger partial charge in [0.25, 0.3) is 0 Å². The molecule has 0 saturated heterocycles. The molecule has 0 fully saturated rings. The molecule has 2 nitrogen and oxygen atoms in total. The molecule has 0 saturated carbocycles. The number of rotatable bonds is 5. The number of benzene rings is 1. The van der Waals surface area contributed by atoms with Crippen molar-refractivity contribution in [1.29, 1.82) is 0 Å². The van der Waals surface area contributed by atoms with E-state index in [2.05, 4.69) is 0 Å². The molecule has 0 spiro atoms. The summed E-state index contributed by atoms with van der Waals surface area (Å²) in [4.78, 5) is 0.564. The van der Waals surface area contributed by atoms with Crippen LogP contribution in [-0.2, 0) is 6.42 Å². The Kier molecular flexibility index (Phi) is 4.85. The van der Waals surface area contributed by atoms with Crippen molar-refractivity contribution < 1.29 is 4.74 Å². The summed E-state index contributed by atoms with van der Waals surface area (Å²) in [5.41, 5.74) is 6.60. The third kappa shape index (κ3) is 4.06. The van der Waals surface area contributed by atoms with Crippen molar-refractivity contribution in [3.8, 4) is 5.75 Å². The number of halogens is 1. The van der Waals surface area contributed by atoms with E-state index in [0.717, 1.165) is 19.3 Å². The van der Waals surface area contributed by atoms with E-state index in [1.165, 1.54) is 5.56 Å². The molecular weight excluding hydrogens is 230 g/mol. The second-order valence-corrected chi connectivity index (χ2v) is 4.22. The molecule has 15 heavy (non-hydrogen) atoms. The van der Waals surface area contributed by atoms with E-state index in [0.29, 0.717) is 15.8 Å². The first-order valence-electron chi connectivity index (χ1n) is 4.74. The first kappa shape index (κ1) is 12.3. The number of methoxy groups -OCH3 is 1. The number of nitrogens with two attached hydrogens (primary N) is 1. The van der Waals surface area contributed by atoms with Crippen molar-refractivity contribution >= 4 is 28.8 Å². The molecule has 1 rings (SSSR count). The maximum atomic E-state index is 6.00. The summed E-state index contributed by atoms with van der Waals surface area (Å²) in [6.07, 6.45) is 2.66. The summed E-state index contributed by atoms with van der Waals surface area (Å²) in [6, 6.07) is 5.79. The highest BCUT2D eigenvalue weighted by atomic mass is 35.5. The third-order valence-electron chi connectivity index (χ3n) is 2.10. The lowest BCUT2D eigenvalue weighted by molar-refractivity contribution is 0.415. The van der Waals surface area contributed by atoms with E-state index in [-0.39, 0.29) is 0 Å². The van der Waals surface area contributed by atoms with Gasteiger partial charge in [-0.05, 0) is 37.0 Å². The number of thiocarbonyl (C=S) groups is 1.